The molecule has 0 saturated carbocycles. The van der Waals surface area contributed by atoms with Crippen molar-refractivity contribution < 1.29 is 40.0 Å². The molecule has 0 unspecified atom stereocenters. The number of ether oxygens (including phenoxy) is 2. The van der Waals surface area contributed by atoms with Crippen LogP contribution in [0, 0.1) is 0 Å². The van der Waals surface area contributed by atoms with Crippen molar-refractivity contribution in [2.75, 3.05) is 18.2 Å². The zero-order valence-electron chi connectivity index (χ0n) is 17.0. The number of halogens is 3. The molecular weight excluding hydrogens is 453 g/mol. The number of hydrogen-bond acceptors (Lipinski definition) is 7. The van der Waals surface area contributed by atoms with Gasteiger partial charge in [0.2, 0.25) is 0 Å². The van der Waals surface area contributed by atoms with Crippen molar-refractivity contribution in [3.63, 3.8) is 0 Å². The summed E-state index contributed by atoms with van der Waals surface area (Å²) in [4.78, 5) is 18.6. The van der Waals surface area contributed by atoms with Crippen LogP contribution < -0.4 is 9.08 Å². The van der Waals surface area contributed by atoms with E-state index in [-0.39, 0.29) is 31.3 Å². The van der Waals surface area contributed by atoms with E-state index in [0.29, 0.717) is 5.56 Å². The number of nitrogens with zero attached hydrogens (tertiary/aromatic N) is 2. The lowest BCUT2D eigenvalue weighted by Gasteiger charge is -2.26. The van der Waals surface area contributed by atoms with Gasteiger partial charge in [-0.1, -0.05) is 30.3 Å². The van der Waals surface area contributed by atoms with E-state index in [9.17, 15) is 26.4 Å². The molecule has 1 aromatic carbocycles. The van der Waals surface area contributed by atoms with Gasteiger partial charge < -0.3 is 13.7 Å². The standard InChI is InChI=1S/C20H19F3N2O6S/c1-18-11-25(17(26)19(18,2)30-12-29-18)16-9-8-15(31-32(27,28)20(21,22)23)14(24-16)10-13-6-4-3-5-7-13/h3-9H,10-12H2,1-2H3/t18-,19+/m1/s1. The molecule has 172 valence electrons. The van der Waals surface area contributed by atoms with Crippen LogP contribution in [0.3, 0.4) is 0 Å². The van der Waals surface area contributed by atoms with Gasteiger partial charge in [0.05, 0.1) is 12.2 Å². The van der Waals surface area contributed by atoms with Crippen molar-refractivity contribution in [2.24, 2.45) is 0 Å². The molecule has 0 N–H and O–H groups in total. The van der Waals surface area contributed by atoms with Crippen LogP contribution in [0.4, 0.5) is 19.0 Å². The molecule has 12 heteroatoms. The lowest BCUT2D eigenvalue weighted by atomic mass is 9.89. The second kappa shape index (κ2) is 7.42. The van der Waals surface area contributed by atoms with Gasteiger partial charge in [0.25, 0.3) is 5.91 Å². The molecule has 32 heavy (non-hydrogen) atoms. The SMILES string of the molecule is C[C@@]12CN(c3ccc(OS(=O)(=O)C(F)(F)F)c(Cc4ccccc4)n3)C(=O)[C@]1(C)OCO2. The summed E-state index contributed by atoms with van der Waals surface area (Å²) in [5.41, 5.74) is -7.22. The van der Waals surface area contributed by atoms with Crippen molar-refractivity contribution in [1.29, 1.82) is 0 Å². The molecule has 2 saturated heterocycles. The third-order valence-corrected chi connectivity index (χ3v) is 6.70. The Labute approximate surface area is 182 Å². The molecule has 0 spiro atoms. The Bertz CT molecular complexity index is 1160. The van der Waals surface area contributed by atoms with Crippen molar-refractivity contribution in [3.8, 4) is 5.75 Å². The minimum absolute atomic E-state index is 0.0268. The van der Waals surface area contributed by atoms with E-state index >= 15 is 0 Å². The van der Waals surface area contributed by atoms with Crippen LogP contribution in [0.5, 0.6) is 5.75 Å². The Balaban J connectivity index is 1.73. The number of anilines is 1. The highest BCUT2D eigenvalue weighted by Gasteiger charge is 2.64. The fourth-order valence-corrected chi connectivity index (χ4v) is 4.14. The lowest BCUT2D eigenvalue weighted by molar-refractivity contribution is -0.135. The van der Waals surface area contributed by atoms with Gasteiger partial charge in [-0.15, -0.1) is 0 Å². The highest BCUT2D eigenvalue weighted by atomic mass is 32.2. The molecule has 0 radical (unpaired) electrons. The Morgan fingerprint density at radius 1 is 1.12 bits per heavy atom. The van der Waals surface area contributed by atoms with Gasteiger partial charge in [-0.2, -0.15) is 21.6 Å². The number of carbonyl (C=O) groups is 1. The van der Waals surface area contributed by atoms with Gasteiger partial charge in [0.1, 0.15) is 18.2 Å². The molecule has 2 aliphatic heterocycles. The number of aromatic nitrogens is 1. The summed E-state index contributed by atoms with van der Waals surface area (Å²) >= 11 is 0. The average Bonchev–Trinajstić information content (AvgIpc) is 3.11. The normalized spacial score (nSPS) is 25.8. The first kappa shape index (κ1) is 22.5. The van der Waals surface area contributed by atoms with Crippen LogP contribution in [-0.4, -0.2) is 49.4 Å². The van der Waals surface area contributed by atoms with Gasteiger partial charge in [-0.3, -0.25) is 9.69 Å². The summed E-state index contributed by atoms with van der Waals surface area (Å²) in [6.07, 6.45) is -0.0268. The number of benzene rings is 1. The van der Waals surface area contributed by atoms with Gasteiger partial charge in [0.15, 0.2) is 11.4 Å². The number of fused-ring (bicyclic) bond motifs is 1. The van der Waals surface area contributed by atoms with Gasteiger partial charge >= 0.3 is 15.6 Å². The summed E-state index contributed by atoms with van der Waals surface area (Å²) in [5.74, 6) is -0.888. The quantitative estimate of drug-likeness (QED) is 0.488. The van der Waals surface area contributed by atoms with E-state index in [1.54, 1.807) is 44.2 Å². The largest absolute Gasteiger partial charge is 0.534 e. The maximum Gasteiger partial charge on any atom is 0.534 e. The van der Waals surface area contributed by atoms with E-state index in [1.165, 1.54) is 11.0 Å². The molecule has 4 rings (SSSR count). The molecule has 8 nitrogen and oxygen atoms in total. The van der Waals surface area contributed by atoms with Crippen LogP contribution >= 0.6 is 0 Å². The Morgan fingerprint density at radius 2 is 1.81 bits per heavy atom. The Kier molecular flexibility index (Phi) is 5.22. The van der Waals surface area contributed by atoms with E-state index in [0.717, 1.165) is 6.07 Å². The zero-order chi connectivity index (χ0) is 23.4. The number of pyridine rings is 1. The second-order valence-electron chi connectivity index (χ2n) is 7.82. The van der Waals surface area contributed by atoms with Crippen molar-refractivity contribution >= 4 is 21.8 Å². The first-order valence-electron chi connectivity index (χ1n) is 9.51. The minimum atomic E-state index is -5.90. The van der Waals surface area contributed by atoms with Crippen molar-refractivity contribution in [2.45, 2.75) is 37.0 Å². The second-order valence-corrected chi connectivity index (χ2v) is 9.36. The Hall–Kier alpha value is -2.70. The van der Waals surface area contributed by atoms with E-state index < -0.39 is 38.5 Å². The summed E-state index contributed by atoms with van der Waals surface area (Å²) in [5, 5.41) is 0. The number of alkyl halides is 3. The first-order valence-corrected chi connectivity index (χ1v) is 10.9. The molecule has 1 amide bonds. The number of carbonyl (C=O) groups excluding carboxylic acids is 1. The lowest BCUT2D eigenvalue weighted by Crippen LogP contribution is -2.48. The smallest absolute Gasteiger partial charge is 0.374 e. The fourth-order valence-electron chi connectivity index (χ4n) is 3.65. The number of rotatable bonds is 5. The van der Waals surface area contributed by atoms with E-state index in [2.05, 4.69) is 9.17 Å². The monoisotopic (exact) mass is 472 g/mol. The maximum atomic E-state index is 13.0. The van der Waals surface area contributed by atoms with Crippen molar-refractivity contribution in [3.05, 3.63) is 53.7 Å². The van der Waals surface area contributed by atoms with Crippen LogP contribution in [-0.2, 0) is 30.8 Å². The molecule has 3 heterocycles. The predicted octanol–water partition coefficient (Wildman–Crippen LogP) is 2.77. The summed E-state index contributed by atoms with van der Waals surface area (Å²) in [7, 11) is -5.90. The Morgan fingerprint density at radius 3 is 2.44 bits per heavy atom. The maximum absolute atomic E-state index is 13.0. The van der Waals surface area contributed by atoms with E-state index in [4.69, 9.17) is 9.47 Å². The molecule has 0 bridgehead atoms. The van der Waals surface area contributed by atoms with Gasteiger partial charge in [0, 0.05) is 6.42 Å². The molecule has 2 atom stereocenters. The summed E-state index contributed by atoms with van der Waals surface area (Å²) < 4.78 is 77.2. The average molecular weight is 472 g/mol. The molecular formula is C20H19F3N2O6S. The van der Waals surface area contributed by atoms with Crippen LogP contribution in [0.25, 0.3) is 0 Å². The van der Waals surface area contributed by atoms with E-state index in [1.807, 2.05) is 0 Å². The number of hydrogen-bond donors (Lipinski definition) is 0. The summed E-state index contributed by atoms with van der Waals surface area (Å²) in [6.45, 7) is 3.37. The summed E-state index contributed by atoms with van der Waals surface area (Å²) in [6, 6.07) is 10.9. The van der Waals surface area contributed by atoms with Crippen LogP contribution in [0.2, 0.25) is 0 Å². The van der Waals surface area contributed by atoms with Crippen molar-refractivity contribution in [1.82, 2.24) is 4.98 Å². The van der Waals surface area contributed by atoms with Gasteiger partial charge in [-0.25, -0.2) is 4.98 Å². The molecule has 0 aliphatic carbocycles. The highest BCUT2D eigenvalue weighted by Crippen LogP contribution is 2.44. The number of amides is 1. The third-order valence-electron chi connectivity index (χ3n) is 5.74. The highest BCUT2D eigenvalue weighted by molar-refractivity contribution is 7.88. The van der Waals surface area contributed by atoms with Crippen LogP contribution in [0.1, 0.15) is 25.1 Å². The fraction of sp³-hybridized carbons (Fsp3) is 0.400. The zero-order valence-corrected chi connectivity index (χ0v) is 17.9. The van der Waals surface area contributed by atoms with Crippen LogP contribution in [0.15, 0.2) is 42.5 Å². The third kappa shape index (κ3) is 3.61. The predicted molar refractivity (Wildman–Crippen MR) is 105 cm³/mol. The minimum Gasteiger partial charge on any atom is -0.374 e. The topological polar surface area (TPSA) is 95.0 Å². The molecule has 2 aromatic rings. The molecule has 2 fully saturated rings. The first-order chi connectivity index (χ1) is 14.9. The van der Waals surface area contributed by atoms with Gasteiger partial charge in [-0.05, 0) is 31.5 Å². The molecule has 2 aliphatic rings. The molecule has 1 aromatic heterocycles.